The van der Waals surface area contributed by atoms with Crippen molar-refractivity contribution in [1.29, 1.82) is 0 Å². The molecule has 0 aromatic carbocycles. The SMILES string of the molecule is CC(C)C[C@@H]1COCCN1C(=O)N[C@H](C)Cn1ccnc1. The number of nitrogens with one attached hydrogen (secondary N) is 1. The Morgan fingerprint density at radius 1 is 1.48 bits per heavy atom. The molecular formula is C15H26N4O2. The first-order valence-corrected chi connectivity index (χ1v) is 7.67. The van der Waals surface area contributed by atoms with E-state index in [4.69, 9.17) is 4.74 Å². The van der Waals surface area contributed by atoms with Crippen molar-refractivity contribution in [2.24, 2.45) is 5.92 Å². The Hall–Kier alpha value is -1.56. The monoisotopic (exact) mass is 294 g/mol. The molecular weight excluding hydrogens is 268 g/mol. The van der Waals surface area contributed by atoms with Gasteiger partial charge in [-0.3, -0.25) is 0 Å². The standard InChI is InChI=1S/C15H26N4O2/c1-12(2)8-14-10-21-7-6-19(14)15(20)17-13(3)9-18-5-4-16-11-18/h4-5,11-14H,6-10H2,1-3H3,(H,17,20)/t13-,14-/m1/s1. The van der Waals surface area contributed by atoms with Crippen molar-refractivity contribution in [2.45, 2.75) is 45.8 Å². The molecule has 6 heteroatoms. The number of rotatable bonds is 5. The number of carbonyl (C=O) groups is 1. The van der Waals surface area contributed by atoms with Gasteiger partial charge in [-0.2, -0.15) is 0 Å². The molecule has 2 rings (SSSR count). The van der Waals surface area contributed by atoms with Crippen LogP contribution in [0, 0.1) is 5.92 Å². The summed E-state index contributed by atoms with van der Waals surface area (Å²) in [5, 5.41) is 3.07. The van der Waals surface area contributed by atoms with Crippen LogP contribution < -0.4 is 5.32 Å². The molecule has 0 unspecified atom stereocenters. The van der Waals surface area contributed by atoms with Crippen LogP contribution in [0.2, 0.25) is 0 Å². The Labute approximate surface area is 126 Å². The molecule has 1 aliphatic rings. The molecule has 0 bridgehead atoms. The number of carbonyl (C=O) groups excluding carboxylic acids is 1. The second kappa shape index (κ2) is 7.45. The van der Waals surface area contributed by atoms with E-state index in [0.29, 0.717) is 25.7 Å². The minimum absolute atomic E-state index is 0.0107. The van der Waals surface area contributed by atoms with E-state index < -0.39 is 0 Å². The predicted octanol–water partition coefficient (Wildman–Crippen LogP) is 1.73. The summed E-state index contributed by atoms with van der Waals surface area (Å²) in [6.45, 7) is 9.01. The number of ether oxygens (including phenoxy) is 1. The highest BCUT2D eigenvalue weighted by molar-refractivity contribution is 5.75. The lowest BCUT2D eigenvalue weighted by molar-refractivity contribution is 0.00502. The molecule has 1 fully saturated rings. The Bertz CT molecular complexity index is 433. The van der Waals surface area contributed by atoms with Crippen molar-refractivity contribution >= 4 is 6.03 Å². The number of amides is 2. The van der Waals surface area contributed by atoms with E-state index in [1.165, 1.54) is 0 Å². The molecule has 1 aromatic rings. The molecule has 1 saturated heterocycles. The molecule has 1 N–H and O–H groups in total. The first-order chi connectivity index (χ1) is 10.1. The lowest BCUT2D eigenvalue weighted by Gasteiger charge is -2.37. The number of urea groups is 1. The zero-order chi connectivity index (χ0) is 15.2. The first kappa shape index (κ1) is 15.8. The minimum Gasteiger partial charge on any atom is -0.377 e. The van der Waals surface area contributed by atoms with Gasteiger partial charge < -0.3 is 19.5 Å². The Balaban J connectivity index is 1.87. The zero-order valence-corrected chi connectivity index (χ0v) is 13.2. The van der Waals surface area contributed by atoms with Crippen molar-refractivity contribution in [3.63, 3.8) is 0 Å². The molecule has 6 nitrogen and oxygen atoms in total. The van der Waals surface area contributed by atoms with Crippen molar-refractivity contribution in [3.05, 3.63) is 18.7 Å². The lowest BCUT2D eigenvalue weighted by Crippen LogP contribution is -2.54. The Morgan fingerprint density at radius 3 is 2.95 bits per heavy atom. The molecule has 0 aliphatic carbocycles. The summed E-state index contributed by atoms with van der Waals surface area (Å²) < 4.78 is 7.49. The van der Waals surface area contributed by atoms with Crippen LogP contribution >= 0.6 is 0 Å². The third-order valence-corrected chi connectivity index (χ3v) is 3.65. The summed E-state index contributed by atoms with van der Waals surface area (Å²) in [6.07, 6.45) is 6.39. The van der Waals surface area contributed by atoms with Crippen LogP contribution in [0.1, 0.15) is 27.2 Å². The Kier molecular flexibility index (Phi) is 5.61. The molecule has 0 radical (unpaired) electrons. The fourth-order valence-corrected chi connectivity index (χ4v) is 2.71. The molecule has 1 aliphatic heterocycles. The fourth-order valence-electron chi connectivity index (χ4n) is 2.71. The number of nitrogens with zero attached hydrogens (tertiary/aromatic N) is 3. The molecule has 1 aromatic heterocycles. The van der Waals surface area contributed by atoms with Crippen molar-refractivity contribution in [3.8, 4) is 0 Å². The van der Waals surface area contributed by atoms with Gasteiger partial charge in [0.1, 0.15) is 0 Å². The molecule has 2 atom stereocenters. The summed E-state index contributed by atoms with van der Waals surface area (Å²) in [6, 6.07) is 0.255. The van der Waals surface area contributed by atoms with Crippen LogP contribution in [0.3, 0.4) is 0 Å². The van der Waals surface area contributed by atoms with E-state index in [0.717, 1.165) is 13.0 Å². The van der Waals surface area contributed by atoms with E-state index in [-0.39, 0.29) is 18.1 Å². The Morgan fingerprint density at radius 2 is 2.29 bits per heavy atom. The second-order valence-corrected chi connectivity index (χ2v) is 6.16. The predicted molar refractivity (Wildman–Crippen MR) is 81.0 cm³/mol. The third-order valence-electron chi connectivity index (χ3n) is 3.65. The van der Waals surface area contributed by atoms with Gasteiger partial charge in [0.15, 0.2) is 0 Å². The van der Waals surface area contributed by atoms with Gasteiger partial charge in [0.25, 0.3) is 0 Å². The first-order valence-electron chi connectivity index (χ1n) is 7.67. The van der Waals surface area contributed by atoms with Crippen LogP contribution in [0.15, 0.2) is 18.7 Å². The maximum Gasteiger partial charge on any atom is 0.318 e. The quantitative estimate of drug-likeness (QED) is 0.899. The molecule has 0 saturated carbocycles. The van der Waals surface area contributed by atoms with Gasteiger partial charge in [-0.25, -0.2) is 9.78 Å². The summed E-state index contributed by atoms with van der Waals surface area (Å²) >= 11 is 0. The molecule has 21 heavy (non-hydrogen) atoms. The molecule has 0 spiro atoms. The largest absolute Gasteiger partial charge is 0.377 e. The maximum atomic E-state index is 12.5. The number of aromatic nitrogens is 2. The number of hydrogen-bond donors (Lipinski definition) is 1. The highest BCUT2D eigenvalue weighted by Crippen LogP contribution is 2.15. The van der Waals surface area contributed by atoms with Crippen molar-refractivity contribution in [1.82, 2.24) is 19.8 Å². The molecule has 2 amide bonds. The lowest BCUT2D eigenvalue weighted by atomic mass is 10.0. The number of imidazole rings is 1. The van der Waals surface area contributed by atoms with Crippen LogP contribution in [0.4, 0.5) is 4.79 Å². The van der Waals surface area contributed by atoms with Crippen LogP contribution in [0.5, 0.6) is 0 Å². The normalized spacial score (nSPS) is 20.6. The van der Waals surface area contributed by atoms with Gasteiger partial charge in [0.2, 0.25) is 0 Å². The number of morpholine rings is 1. The van der Waals surface area contributed by atoms with Crippen molar-refractivity contribution in [2.75, 3.05) is 19.8 Å². The smallest absolute Gasteiger partial charge is 0.318 e. The van der Waals surface area contributed by atoms with E-state index >= 15 is 0 Å². The zero-order valence-electron chi connectivity index (χ0n) is 13.2. The maximum absolute atomic E-state index is 12.5. The molecule has 2 heterocycles. The minimum atomic E-state index is 0.0107. The second-order valence-electron chi connectivity index (χ2n) is 6.16. The summed E-state index contributed by atoms with van der Waals surface area (Å²) in [4.78, 5) is 18.4. The average Bonchev–Trinajstić information content (AvgIpc) is 2.91. The highest BCUT2D eigenvalue weighted by Gasteiger charge is 2.28. The number of hydrogen-bond acceptors (Lipinski definition) is 3. The van der Waals surface area contributed by atoms with Gasteiger partial charge in [0.05, 0.1) is 25.6 Å². The van der Waals surface area contributed by atoms with Gasteiger partial charge in [-0.1, -0.05) is 13.8 Å². The van der Waals surface area contributed by atoms with Gasteiger partial charge >= 0.3 is 6.03 Å². The average molecular weight is 294 g/mol. The van der Waals surface area contributed by atoms with Gasteiger partial charge in [0, 0.05) is 31.5 Å². The van der Waals surface area contributed by atoms with Crippen LogP contribution in [-0.2, 0) is 11.3 Å². The summed E-state index contributed by atoms with van der Waals surface area (Å²) in [5.74, 6) is 0.551. The fraction of sp³-hybridized carbons (Fsp3) is 0.733. The van der Waals surface area contributed by atoms with Crippen molar-refractivity contribution < 1.29 is 9.53 Å². The van der Waals surface area contributed by atoms with Gasteiger partial charge in [-0.05, 0) is 19.3 Å². The summed E-state index contributed by atoms with van der Waals surface area (Å²) in [5.41, 5.74) is 0. The highest BCUT2D eigenvalue weighted by atomic mass is 16.5. The van der Waals surface area contributed by atoms with Crippen LogP contribution in [-0.4, -0.2) is 52.3 Å². The van der Waals surface area contributed by atoms with E-state index in [9.17, 15) is 4.79 Å². The third kappa shape index (κ3) is 4.74. The van der Waals surface area contributed by atoms with Crippen LogP contribution in [0.25, 0.3) is 0 Å². The van der Waals surface area contributed by atoms with E-state index in [2.05, 4.69) is 24.1 Å². The van der Waals surface area contributed by atoms with Gasteiger partial charge in [-0.15, -0.1) is 0 Å². The summed E-state index contributed by atoms with van der Waals surface area (Å²) in [7, 11) is 0. The topological polar surface area (TPSA) is 59.4 Å². The van der Waals surface area contributed by atoms with E-state index in [1.807, 2.05) is 22.6 Å². The van der Waals surface area contributed by atoms with E-state index in [1.54, 1.807) is 12.5 Å². The molecule has 118 valence electrons.